The summed E-state index contributed by atoms with van der Waals surface area (Å²) in [5, 5.41) is 43.5. The van der Waals surface area contributed by atoms with E-state index in [4.69, 9.17) is 30.3 Å². The predicted octanol–water partition coefficient (Wildman–Crippen LogP) is 2.34. The molecular formula is C27H30O13. The van der Waals surface area contributed by atoms with Crippen molar-refractivity contribution in [1.82, 2.24) is 0 Å². The summed E-state index contributed by atoms with van der Waals surface area (Å²) in [5.41, 5.74) is -1.26. The van der Waals surface area contributed by atoms with Crippen LogP contribution in [-0.2, 0) is 14.3 Å². The van der Waals surface area contributed by atoms with E-state index in [0.29, 0.717) is 0 Å². The number of aromatic carboxylic acids is 3. The highest BCUT2D eigenvalue weighted by Crippen LogP contribution is 2.21. The Kier molecular flexibility index (Phi) is 11.7. The van der Waals surface area contributed by atoms with Crippen LogP contribution < -0.4 is 0 Å². The van der Waals surface area contributed by atoms with E-state index in [0.717, 1.165) is 12.1 Å². The Morgan fingerprint density at radius 1 is 0.725 bits per heavy atom. The molecule has 0 saturated heterocycles. The molecule has 0 aromatic heterocycles. The SMILES string of the molecule is CC(C)(CO)COC(=O)C(C)(C)CO.O=C(O)c1ccc2c(c1)C(=O)OC2=O.O=C(O)c1cccc(C(=O)O)c1. The Morgan fingerprint density at radius 3 is 1.65 bits per heavy atom. The summed E-state index contributed by atoms with van der Waals surface area (Å²) in [4.78, 5) is 64.7. The molecule has 40 heavy (non-hydrogen) atoms. The first-order chi connectivity index (χ1) is 18.5. The summed E-state index contributed by atoms with van der Waals surface area (Å²) < 4.78 is 9.29. The van der Waals surface area contributed by atoms with E-state index in [1.54, 1.807) is 27.7 Å². The highest BCUT2D eigenvalue weighted by atomic mass is 16.6. The van der Waals surface area contributed by atoms with Gasteiger partial charge in [0.25, 0.3) is 0 Å². The normalized spacial score (nSPS) is 12.1. The molecule has 3 rings (SSSR count). The monoisotopic (exact) mass is 562 g/mol. The molecule has 216 valence electrons. The number of carboxylic acid groups (broad SMARTS) is 3. The number of esters is 3. The quantitative estimate of drug-likeness (QED) is 0.230. The Hall–Kier alpha value is -4.62. The van der Waals surface area contributed by atoms with Gasteiger partial charge in [0.15, 0.2) is 0 Å². The number of ether oxygens (including phenoxy) is 2. The molecule has 0 bridgehead atoms. The topological polar surface area (TPSA) is 222 Å². The Balaban J connectivity index is 0.000000301. The number of hydrogen-bond donors (Lipinski definition) is 5. The third-order valence-corrected chi connectivity index (χ3v) is 5.22. The van der Waals surface area contributed by atoms with Crippen molar-refractivity contribution in [2.75, 3.05) is 19.8 Å². The second-order valence-electron chi connectivity index (χ2n) is 9.87. The zero-order valence-electron chi connectivity index (χ0n) is 22.2. The van der Waals surface area contributed by atoms with Gasteiger partial charge >= 0.3 is 35.8 Å². The molecular weight excluding hydrogens is 532 g/mol. The van der Waals surface area contributed by atoms with Gasteiger partial charge in [0.1, 0.15) is 0 Å². The van der Waals surface area contributed by atoms with Gasteiger partial charge in [-0.2, -0.15) is 0 Å². The van der Waals surface area contributed by atoms with Crippen LogP contribution in [0.3, 0.4) is 0 Å². The summed E-state index contributed by atoms with van der Waals surface area (Å²) in [6, 6.07) is 8.85. The molecule has 13 nitrogen and oxygen atoms in total. The van der Waals surface area contributed by atoms with Gasteiger partial charge in [-0.1, -0.05) is 19.9 Å². The van der Waals surface area contributed by atoms with Gasteiger partial charge < -0.3 is 35.0 Å². The molecule has 1 aliphatic rings. The number of fused-ring (bicyclic) bond motifs is 1. The van der Waals surface area contributed by atoms with Gasteiger partial charge in [-0.05, 0) is 50.2 Å². The van der Waals surface area contributed by atoms with Crippen molar-refractivity contribution in [3.8, 4) is 0 Å². The van der Waals surface area contributed by atoms with Crippen molar-refractivity contribution in [2.45, 2.75) is 27.7 Å². The lowest BCUT2D eigenvalue weighted by atomic mass is 9.94. The largest absolute Gasteiger partial charge is 0.478 e. The summed E-state index contributed by atoms with van der Waals surface area (Å²) in [6.45, 7) is 6.69. The molecule has 2 aromatic rings. The number of carbonyl (C=O) groups is 6. The number of benzene rings is 2. The average Bonchev–Trinajstić information content (AvgIpc) is 3.20. The summed E-state index contributed by atoms with van der Waals surface area (Å²) in [5.74, 6) is -5.38. The molecule has 0 atom stereocenters. The number of rotatable bonds is 8. The minimum atomic E-state index is -1.15. The highest BCUT2D eigenvalue weighted by Gasteiger charge is 2.31. The summed E-state index contributed by atoms with van der Waals surface area (Å²) >= 11 is 0. The third-order valence-electron chi connectivity index (χ3n) is 5.22. The number of aliphatic hydroxyl groups excluding tert-OH is 2. The van der Waals surface area contributed by atoms with Crippen LogP contribution in [0.2, 0.25) is 0 Å². The lowest BCUT2D eigenvalue weighted by Gasteiger charge is -2.25. The molecule has 0 aliphatic carbocycles. The predicted molar refractivity (Wildman–Crippen MR) is 136 cm³/mol. The zero-order chi connectivity index (χ0) is 30.8. The molecule has 0 radical (unpaired) electrons. The highest BCUT2D eigenvalue weighted by molar-refractivity contribution is 6.15. The van der Waals surface area contributed by atoms with Gasteiger partial charge in [-0.15, -0.1) is 0 Å². The molecule has 1 aliphatic heterocycles. The second kappa shape index (κ2) is 14.0. The van der Waals surface area contributed by atoms with Crippen molar-refractivity contribution in [3.63, 3.8) is 0 Å². The number of cyclic esters (lactones) is 2. The maximum absolute atomic E-state index is 11.4. The Morgan fingerprint density at radius 2 is 1.20 bits per heavy atom. The molecule has 0 amide bonds. The Bertz CT molecular complexity index is 1260. The smallest absolute Gasteiger partial charge is 0.346 e. The van der Waals surface area contributed by atoms with Gasteiger partial charge in [0.2, 0.25) is 0 Å². The van der Waals surface area contributed by atoms with Crippen molar-refractivity contribution in [2.24, 2.45) is 10.8 Å². The number of carboxylic acids is 3. The number of hydrogen-bond acceptors (Lipinski definition) is 10. The molecule has 0 saturated carbocycles. The average molecular weight is 563 g/mol. The maximum atomic E-state index is 11.4. The van der Waals surface area contributed by atoms with E-state index >= 15 is 0 Å². The van der Waals surface area contributed by atoms with Crippen LogP contribution in [0.25, 0.3) is 0 Å². The summed E-state index contributed by atoms with van der Waals surface area (Å²) in [7, 11) is 0. The lowest BCUT2D eigenvalue weighted by Crippen LogP contribution is -2.34. The minimum Gasteiger partial charge on any atom is -0.478 e. The molecule has 0 spiro atoms. The van der Waals surface area contributed by atoms with Crippen LogP contribution in [0.15, 0.2) is 42.5 Å². The standard InChI is InChI=1S/C10H20O4.C9H4O5.C8H6O4/c1-9(2,5-11)7-14-8(13)10(3,4)6-12;10-7(11)4-1-2-5-6(3-4)9(13)14-8(5)12;9-7(10)5-2-1-3-6(4-5)8(11)12/h11-12H,5-7H2,1-4H3;1-3H,(H,10,11);1-4H,(H,9,10)(H,11,12). The molecule has 2 aromatic carbocycles. The molecule has 5 N–H and O–H groups in total. The number of carbonyl (C=O) groups excluding carboxylic acids is 3. The maximum Gasteiger partial charge on any atom is 0.346 e. The van der Waals surface area contributed by atoms with Crippen LogP contribution in [0.4, 0.5) is 0 Å². The summed E-state index contributed by atoms with van der Waals surface area (Å²) in [6.07, 6.45) is 0. The van der Waals surface area contributed by atoms with Gasteiger partial charge in [0, 0.05) is 5.41 Å². The van der Waals surface area contributed by atoms with E-state index in [-0.39, 0.29) is 47.6 Å². The van der Waals surface area contributed by atoms with Gasteiger partial charge in [-0.3, -0.25) is 4.79 Å². The molecule has 0 fully saturated rings. The first kappa shape index (κ1) is 33.4. The third kappa shape index (κ3) is 9.60. The lowest BCUT2D eigenvalue weighted by molar-refractivity contribution is -0.159. The van der Waals surface area contributed by atoms with Crippen molar-refractivity contribution in [1.29, 1.82) is 0 Å². The fraction of sp³-hybridized carbons (Fsp3) is 0.333. The van der Waals surface area contributed by atoms with E-state index in [2.05, 4.69) is 4.74 Å². The van der Waals surface area contributed by atoms with Gasteiger partial charge in [0.05, 0.1) is 53.1 Å². The van der Waals surface area contributed by atoms with Crippen LogP contribution in [0.1, 0.15) is 79.5 Å². The number of aliphatic hydroxyl groups is 2. The van der Waals surface area contributed by atoms with Crippen LogP contribution in [-0.4, -0.2) is 81.2 Å². The van der Waals surface area contributed by atoms with E-state index < -0.39 is 46.6 Å². The Labute approximate surface area is 228 Å². The molecule has 1 heterocycles. The van der Waals surface area contributed by atoms with Crippen LogP contribution >= 0.6 is 0 Å². The van der Waals surface area contributed by atoms with Crippen molar-refractivity contribution in [3.05, 3.63) is 70.3 Å². The van der Waals surface area contributed by atoms with Crippen LogP contribution in [0, 0.1) is 10.8 Å². The van der Waals surface area contributed by atoms with Gasteiger partial charge in [-0.25, -0.2) is 24.0 Å². The van der Waals surface area contributed by atoms with Crippen LogP contribution in [0.5, 0.6) is 0 Å². The first-order valence-electron chi connectivity index (χ1n) is 11.5. The van der Waals surface area contributed by atoms with E-state index in [1.807, 2.05) is 0 Å². The van der Waals surface area contributed by atoms with Crippen molar-refractivity contribution < 1.29 is 63.8 Å². The fourth-order valence-corrected chi connectivity index (χ4v) is 2.57. The van der Waals surface area contributed by atoms with E-state index in [9.17, 15) is 28.8 Å². The second-order valence-corrected chi connectivity index (χ2v) is 9.87. The molecule has 13 heteroatoms. The molecule has 0 unspecified atom stereocenters. The fourth-order valence-electron chi connectivity index (χ4n) is 2.57. The van der Waals surface area contributed by atoms with E-state index in [1.165, 1.54) is 30.3 Å². The zero-order valence-corrected chi connectivity index (χ0v) is 22.2. The minimum absolute atomic E-state index is 0.00917. The first-order valence-corrected chi connectivity index (χ1v) is 11.5. The van der Waals surface area contributed by atoms with Crippen molar-refractivity contribution >= 4 is 35.8 Å².